The number of halogens is 1. The van der Waals surface area contributed by atoms with Crippen molar-refractivity contribution in [3.05, 3.63) is 52.7 Å². The average molecular weight is 301 g/mol. The number of benzene rings is 1. The first-order valence-corrected chi connectivity index (χ1v) is 6.72. The lowest BCUT2D eigenvalue weighted by Gasteiger charge is -2.08. The van der Waals surface area contributed by atoms with E-state index in [0.717, 1.165) is 6.54 Å². The van der Waals surface area contributed by atoms with Gasteiger partial charge in [-0.2, -0.15) is 5.26 Å². The summed E-state index contributed by atoms with van der Waals surface area (Å²) in [5.41, 5.74) is 1.14. The molecule has 0 aliphatic carbocycles. The van der Waals surface area contributed by atoms with Crippen molar-refractivity contribution in [3.63, 3.8) is 0 Å². The third-order valence-corrected chi connectivity index (χ3v) is 2.97. The van der Waals surface area contributed by atoms with Gasteiger partial charge in [0.25, 0.3) is 5.91 Å². The molecule has 1 amide bonds. The predicted octanol–water partition coefficient (Wildman–Crippen LogP) is 3.29. The highest BCUT2D eigenvalue weighted by Crippen LogP contribution is 2.21. The van der Waals surface area contributed by atoms with Crippen molar-refractivity contribution < 1.29 is 4.79 Å². The molecule has 2 rings (SSSR count). The lowest BCUT2D eigenvalue weighted by molar-refractivity contribution is 0.102. The van der Waals surface area contributed by atoms with E-state index in [9.17, 15) is 4.79 Å². The Morgan fingerprint density at radius 2 is 2.19 bits per heavy atom. The zero-order chi connectivity index (χ0) is 15.2. The van der Waals surface area contributed by atoms with Crippen molar-refractivity contribution in [1.29, 1.82) is 5.26 Å². The summed E-state index contributed by atoms with van der Waals surface area (Å²) < 4.78 is 0. The quantitative estimate of drug-likeness (QED) is 0.908. The normalized spacial score (nSPS) is 9.76. The lowest BCUT2D eigenvalue weighted by Crippen LogP contribution is -2.13. The lowest BCUT2D eigenvalue weighted by atomic mass is 10.2. The summed E-state index contributed by atoms with van der Waals surface area (Å²) in [6, 6.07) is 10.1. The number of anilines is 2. The van der Waals surface area contributed by atoms with Gasteiger partial charge in [0.1, 0.15) is 11.9 Å². The minimum absolute atomic E-state index is 0.343. The number of rotatable bonds is 4. The number of nitrogens with zero attached hydrogens (tertiary/aromatic N) is 2. The Labute approximate surface area is 127 Å². The van der Waals surface area contributed by atoms with Crippen LogP contribution in [-0.2, 0) is 0 Å². The SMILES string of the molecule is CCNc1ccc(C(=O)Nc2cc(Cl)ccc2C#N)cn1. The second-order valence-electron chi connectivity index (χ2n) is 4.22. The molecule has 0 unspecified atom stereocenters. The van der Waals surface area contributed by atoms with E-state index in [1.807, 2.05) is 13.0 Å². The summed E-state index contributed by atoms with van der Waals surface area (Å²) in [6.45, 7) is 2.72. The van der Waals surface area contributed by atoms with Crippen LogP contribution in [0.4, 0.5) is 11.5 Å². The highest BCUT2D eigenvalue weighted by Gasteiger charge is 2.10. The molecule has 0 saturated heterocycles. The standard InChI is InChI=1S/C15H13ClN4O/c1-2-18-14-6-4-11(9-19-14)15(21)20-13-7-12(16)5-3-10(13)8-17/h3-7,9H,2H2,1H3,(H,18,19)(H,20,21). The number of carbonyl (C=O) groups excluding carboxylic acids is 1. The summed E-state index contributed by atoms with van der Waals surface area (Å²) in [5, 5.41) is 15.2. The van der Waals surface area contributed by atoms with Crippen molar-refractivity contribution in [1.82, 2.24) is 4.98 Å². The van der Waals surface area contributed by atoms with Crippen LogP contribution in [0.3, 0.4) is 0 Å². The molecule has 0 spiro atoms. The molecule has 1 aromatic carbocycles. The number of nitriles is 1. The third-order valence-electron chi connectivity index (χ3n) is 2.73. The minimum atomic E-state index is -0.343. The number of nitrogens with one attached hydrogen (secondary N) is 2. The van der Waals surface area contributed by atoms with Crippen LogP contribution in [0.2, 0.25) is 5.02 Å². The molecule has 1 aromatic heterocycles. The molecule has 1 heterocycles. The summed E-state index contributed by atoms with van der Waals surface area (Å²) in [6.07, 6.45) is 1.48. The number of pyridine rings is 1. The van der Waals surface area contributed by atoms with Gasteiger partial charge in [0, 0.05) is 17.8 Å². The largest absolute Gasteiger partial charge is 0.370 e. The molecule has 0 aliphatic rings. The van der Waals surface area contributed by atoms with Crippen molar-refractivity contribution in [3.8, 4) is 6.07 Å². The molecular formula is C15H13ClN4O. The van der Waals surface area contributed by atoms with Crippen molar-refractivity contribution in [2.24, 2.45) is 0 Å². The molecule has 2 N–H and O–H groups in total. The molecule has 0 saturated carbocycles. The monoisotopic (exact) mass is 300 g/mol. The zero-order valence-electron chi connectivity index (χ0n) is 11.4. The number of carbonyl (C=O) groups is 1. The average Bonchev–Trinajstić information content (AvgIpc) is 2.48. The molecule has 21 heavy (non-hydrogen) atoms. The first-order chi connectivity index (χ1) is 10.1. The third kappa shape index (κ3) is 3.71. The minimum Gasteiger partial charge on any atom is -0.370 e. The first-order valence-electron chi connectivity index (χ1n) is 6.35. The molecule has 0 aliphatic heterocycles. The van der Waals surface area contributed by atoms with Crippen molar-refractivity contribution in [2.45, 2.75) is 6.92 Å². The van der Waals surface area contributed by atoms with Gasteiger partial charge in [-0.25, -0.2) is 4.98 Å². The summed E-state index contributed by atoms with van der Waals surface area (Å²) >= 11 is 5.88. The van der Waals surface area contributed by atoms with Gasteiger partial charge in [0.2, 0.25) is 0 Å². The molecule has 0 bridgehead atoms. The van der Waals surface area contributed by atoms with E-state index in [4.69, 9.17) is 16.9 Å². The smallest absolute Gasteiger partial charge is 0.257 e. The number of hydrogen-bond acceptors (Lipinski definition) is 4. The van der Waals surface area contributed by atoms with Gasteiger partial charge in [-0.1, -0.05) is 11.6 Å². The van der Waals surface area contributed by atoms with Gasteiger partial charge in [-0.15, -0.1) is 0 Å². The zero-order valence-corrected chi connectivity index (χ0v) is 12.1. The van der Waals surface area contributed by atoms with Gasteiger partial charge < -0.3 is 10.6 Å². The van der Waals surface area contributed by atoms with Gasteiger partial charge in [-0.05, 0) is 37.3 Å². The van der Waals surface area contributed by atoms with Crippen LogP contribution in [0.15, 0.2) is 36.5 Å². The fraction of sp³-hybridized carbons (Fsp3) is 0.133. The Kier molecular flexibility index (Phi) is 4.75. The Balaban J connectivity index is 2.18. The number of hydrogen-bond donors (Lipinski definition) is 2. The molecule has 5 nitrogen and oxygen atoms in total. The number of aromatic nitrogens is 1. The topological polar surface area (TPSA) is 77.8 Å². The fourth-order valence-corrected chi connectivity index (χ4v) is 1.90. The second-order valence-corrected chi connectivity index (χ2v) is 4.65. The van der Waals surface area contributed by atoms with Crippen LogP contribution in [0.5, 0.6) is 0 Å². The van der Waals surface area contributed by atoms with E-state index in [-0.39, 0.29) is 5.91 Å². The summed E-state index contributed by atoms with van der Waals surface area (Å²) in [4.78, 5) is 16.3. The Hall–Kier alpha value is -2.58. The van der Waals surface area contributed by atoms with E-state index in [1.54, 1.807) is 30.3 Å². The van der Waals surface area contributed by atoms with Gasteiger partial charge >= 0.3 is 0 Å². The van der Waals surface area contributed by atoms with E-state index in [0.29, 0.717) is 27.7 Å². The van der Waals surface area contributed by atoms with Gasteiger partial charge in [0.15, 0.2) is 0 Å². The van der Waals surface area contributed by atoms with E-state index < -0.39 is 0 Å². The van der Waals surface area contributed by atoms with Crippen LogP contribution in [0.25, 0.3) is 0 Å². The second kappa shape index (κ2) is 6.73. The molecule has 2 aromatic rings. The Bertz CT molecular complexity index is 692. The summed E-state index contributed by atoms with van der Waals surface area (Å²) in [5.74, 6) is 0.360. The maximum atomic E-state index is 12.1. The first kappa shape index (κ1) is 14.8. The van der Waals surface area contributed by atoms with Gasteiger partial charge in [-0.3, -0.25) is 4.79 Å². The Morgan fingerprint density at radius 3 is 2.81 bits per heavy atom. The number of amides is 1. The fourth-order valence-electron chi connectivity index (χ4n) is 1.73. The highest BCUT2D eigenvalue weighted by molar-refractivity contribution is 6.31. The summed E-state index contributed by atoms with van der Waals surface area (Å²) in [7, 11) is 0. The Morgan fingerprint density at radius 1 is 1.38 bits per heavy atom. The molecule has 6 heteroatoms. The maximum absolute atomic E-state index is 12.1. The predicted molar refractivity (Wildman–Crippen MR) is 82.5 cm³/mol. The van der Waals surface area contributed by atoms with Crippen LogP contribution in [0.1, 0.15) is 22.8 Å². The van der Waals surface area contributed by atoms with Crippen molar-refractivity contribution >= 4 is 29.0 Å². The molecule has 0 radical (unpaired) electrons. The van der Waals surface area contributed by atoms with Gasteiger partial charge in [0.05, 0.1) is 16.8 Å². The molecule has 0 atom stereocenters. The van der Waals surface area contributed by atoms with Crippen LogP contribution in [-0.4, -0.2) is 17.4 Å². The molecule has 106 valence electrons. The molecule has 0 fully saturated rings. The maximum Gasteiger partial charge on any atom is 0.257 e. The van der Waals surface area contributed by atoms with Crippen LogP contribution < -0.4 is 10.6 Å². The molecular weight excluding hydrogens is 288 g/mol. The van der Waals surface area contributed by atoms with E-state index >= 15 is 0 Å². The van der Waals surface area contributed by atoms with Crippen LogP contribution in [0, 0.1) is 11.3 Å². The highest BCUT2D eigenvalue weighted by atomic mass is 35.5. The van der Waals surface area contributed by atoms with E-state index in [1.165, 1.54) is 6.20 Å². The van der Waals surface area contributed by atoms with Crippen molar-refractivity contribution in [2.75, 3.05) is 17.2 Å². The van der Waals surface area contributed by atoms with E-state index in [2.05, 4.69) is 15.6 Å². The van der Waals surface area contributed by atoms with Crippen LogP contribution >= 0.6 is 11.6 Å².